The van der Waals surface area contributed by atoms with Crippen LogP contribution in [0.4, 0.5) is 0 Å². The Morgan fingerprint density at radius 2 is 1.88 bits per heavy atom. The second-order valence-electron chi connectivity index (χ2n) is 6.41. The van der Waals surface area contributed by atoms with E-state index in [1.807, 2.05) is 42.6 Å². The standard InChI is InChI=1S/C19H21NO4S/c1-13-2-4-14(5-3-13)15-6-11-25-16(15)17(21)20-12-19(18(22)23)7-9-24-10-8-19/h2-6,11H,7-10,12H2,1H3,(H,20,21)(H,22,23). The summed E-state index contributed by atoms with van der Waals surface area (Å²) in [5.74, 6) is -1.10. The molecule has 1 aromatic heterocycles. The molecule has 0 bridgehead atoms. The van der Waals surface area contributed by atoms with Crippen molar-refractivity contribution in [2.24, 2.45) is 5.41 Å². The molecule has 2 aromatic rings. The van der Waals surface area contributed by atoms with E-state index in [4.69, 9.17) is 4.74 Å². The summed E-state index contributed by atoms with van der Waals surface area (Å²) in [4.78, 5) is 24.9. The lowest BCUT2D eigenvalue weighted by atomic mass is 9.80. The largest absolute Gasteiger partial charge is 0.481 e. The Bertz CT molecular complexity index is 760. The maximum Gasteiger partial charge on any atom is 0.311 e. The van der Waals surface area contributed by atoms with Crippen molar-refractivity contribution in [1.82, 2.24) is 5.32 Å². The van der Waals surface area contributed by atoms with E-state index in [1.54, 1.807) is 0 Å². The molecule has 2 N–H and O–H groups in total. The van der Waals surface area contributed by atoms with Gasteiger partial charge in [-0.1, -0.05) is 29.8 Å². The third-order valence-electron chi connectivity index (χ3n) is 4.72. The van der Waals surface area contributed by atoms with Crippen molar-refractivity contribution < 1.29 is 19.4 Å². The predicted octanol–water partition coefficient (Wildman–Crippen LogP) is 3.33. The summed E-state index contributed by atoms with van der Waals surface area (Å²) >= 11 is 1.37. The highest BCUT2D eigenvalue weighted by atomic mass is 32.1. The topological polar surface area (TPSA) is 75.6 Å². The molecule has 1 saturated heterocycles. The van der Waals surface area contributed by atoms with Crippen molar-refractivity contribution in [1.29, 1.82) is 0 Å². The highest BCUT2D eigenvalue weighted by molar-refractivity contribution is 7.12. The first-order valence-corrected chi connectivity index (χ1v) is 9.14. The second-order valence-corrected chi connectivity index (χ2v) is 7.33. The summed E-state index contributed by atoms with van der Waals surface area (Å²) in [6.45, 7) is 2.96. The Labute approximate surface area is 150 Å². The molecule has 0 saturated carbocycles. The third-order valence-corrected chi connectivity index (χ3v) is 5.64. The second kappa shape index (κ2) is 7.37. The van der Waals surface area contributed by atoms with Crippen LogP contribution in [0.1, 0.15) is 28.1 Å². The number of carbonyl (C=O) groups is 2. The van der Waals surface area contributed by atoms with Crippen molar-refractivity contribution >= 4 is 23.2 Å². The van der Waals surface area contributed by atoms with Gasteiger partial charge in [0.2, 0.25) is 0 Å². The molecule has 5 nitrogen and oxygen atoms in total. The van der Waals surface area contributed by atoms with Crippen LogP contribution in [-0.2, 0) is 9.53 Å². The number of ether oxygens (including phenoxy) is 1. The van der Waals surface area contributed by atoms with E-state index < -0.39 is 11.4 Å². The van der Waals surface area contributed by atoms with Crippen LogP contribution >= 0.6 is 11.3 Å². The van der Waals surface area contributed by atoms with Crippen LogP contribution in [0.2, 0.25) is 0 Å². The predicted molar refractivity (Wildman–Crippen MR) is 96.9 cm³/mol. The van der Waals surface area contributed by atoms with Crippen LogP contribution in [-0.4, -0.2) is 36.7 Å². The number of hydrogen-bond acceptors (Lipinski definition) is 4. The van der Waals surface area contributed by atoms with Gasteiger partial charge in [0.05, 0.1) is 10.3 Å². The lowest BCUT2D eigenvalue weighted by Gasteiger charge is -2.33. The molecule has 1 amide bonds. The summed E-state index contributed by atoms with van der Waals surface area (Å²) in [6.07, 6.45) is 0.829. The zero-order valence-electron chi connectivity index (χ0n) is 14.1. The number of benzene rings is 1. The van der Waals surface area contributed by atoms with Crippen LogP contribution in [0.25, 0.3) is 11.1 Å². The SMILES string of the molecule is Cc1ccc(-c2ccsc2C(=O)NCC2(C(=O)O)CCOCC2)cc1. The van der Waals surface area contributed by atoms with Gasteiger partial charge in [0.15, 0.2) is 0 Å². The van der Waals surface area contributed by atoms with E-state index in [1.165, 1.54) is 11.3 Å². The van der Waals surface area contributed by atoms with E-state index >= 15 is 0 Å². The van der Waals surface area contributed by atoms with Gasteiger partial charge in [-0.3, -0.25) is 9.59 Å². The number of rotatable bonds is 5. The van der Waals surface area contributed by atoms with Gasteiger partial charge in [-0.15, -0.1) is 11.3 Å². The van der Waals surface area contributed by atoms with Crippen molar-refractivity contribution in [3.63, 3.8) is 0 Å². The number of carboxylic acids is 1. The van der Waals surface area contributed by atoms with E-state index in [0.717, 1.165) is 16.7 Å². The molecule has 1 aliphatic heterocycles. The summed E-state index contributed by atoms with van der Waals surface area (Å²) in [7, 11) is 0. The summed E-state index contributed by atoms with van der Waals surface area (Å²) < 4.78 is 5.27. The maximum atomic E-state index is 12.6. The first-order valence-electron chi connectivity index (χ1n) is 8.26. The summed E-state index contributed by atoms with van der Waals surface area (Å²) in [5, 5.41) is 14.3. The Balaban J connectivity index is 1.75. The van der Waals surface area contributed by atoms with Gasteiger partial charge in [0.1, 0.15) is 0 Å². The Kier molecular flexibility index (Phi) is 5.20. The van der Waals surface area contributed by atoms with Gasteiger partial charge in [0.25, 0.3) is 5.91 Å². The molecule has 0 radical (unpaired) electrons. The van der Waals surface area contributed by atoms with Crippen LogP contribution in [0, 0.1) is 12.3 Å². The van der Waals surface area contributed by atoms with Crippen molar-refractivity contribution in [3.8, 4) is 11.1 Å². The fourth-order valence-corrected chi connectivity index (χ4v) is 3.84. The Morgan fingerprint density at radius 1 is 1.20 bits per heavy atom. The van der Waals surface area contributed by atoms with Gasteiger partial charge >= 0.3 is 5.97 Å². The van der Waals surface area contributed by atoms with Crippen LogP contribution < -0.4 is 5.32 Å². The average molecular weight is 359 g/mol. The lowest BCUT2D eigenvalue weighted by molar-refractivity contribution is -0.154. The molecule has 3 rings (SSSR count). The quantitative estimate of drug-likeness (QED) is 0.859. The minimum Gasteiger partial charge on any atom is -0.481 e. The number of carbonyl (C=O) groups excluding carboxylic acids is 1. The van der Waals surface area contributed by atoms with Crippen LogP contribution in [0.5, 0.6) is 0 Å². The molecule has 0 atom stereocenters. The highest BCUT2D eigenvalue weighted by Crippen LogP contribution is 2.32. The minimum absolute atomic E-state index is 0.121. The summed E-state index contributed by atoms with van der Waals surface area (Å²) in [6, 6.07) is 9.93. The zero-order chi connectivity index (χ0) is 17.9. The monoisotopic (exact) mass is 359 g/mol. The first kappa shape index (κ1) is 17.6. The normalized spacial score (nSPS) is 16.4. The van der Waals surface area contributed by atoms with Gasteiger partial charge < -0.3 is 15.2 Å². The molecule has 1 aromatic carbocycles. The number of thiophene rings is 1. The average Bonchev–Trinajstić information content (AvgIpc) is 3.11. The molecule has 0 spiro atoms. The number of aliphatic carboxylic acids is 1. The molecule has 25 heavy (non-hydrogen) atoms. The molecule has 1 fully saturated rings. The number of amides is 1. The minimum atomic E-state index is -0.935. The van der Waals surface area contributed by atoms with Crippen molar-refractivity contribution in [3.05, 3.63) is 46.2 Å². The van der Waals surface area contributed by atoms with E-state index in [0.29, 0.717) is 30.9 Å². The molecular weight excluding hydrogens is 338 g/mol. The van der Waals surface area contributed by atoms with Crippen LogP contribution in [0.3, 0.4) is 0 Å². The fraction of sp³-hybridized carbons (Fsp3) is 0.368. The number of aryl methyl sites for hydroxylation is 1. The Morgan fingerprint density at radius 3 is 2.52 bits per heavy atom. The molecule has 2 heterocycles. The molecule has 0 unspecified atom stereocenters. The maximum absolute atomic E-state index is 12.6. The molecule has 6 heteroatoms. The third kappa shape index (κ3) is 3.75. The van der Waals surface area contributed by atoms with Crippen molar-refractivity contribution in [2.75, 3.05) is 19.8 Å². The molecular formula is C19H21NO4S. The molecule has 1 aliphatic rings. The first-order chi connectivity index (χ1) is 12.0. The number of nitrogens with one attached hydrogen (secondary N) is 1. The zero-order valence-corrected chi connectivity index (χ0v) is 14.9. The number of carboxylic acid groups (broad SMARTS) is 1. The summed E-state index contributed by atoms with van der Waals surface area (Å²) in [5.41, 5.74) is 2.08. The van der Waals surface area contributed by atoms with Gasteiger partial charge in [0, 0.05) is 25.3 Å². The Hall–Kier alpha value is -2.18. The molecule has 132 valence electrons. The van der Waals surface area contributed by atoms with E-state index in [-0.39, 0.29) is 12.5 Å². The van der Waals surface area contributed by atoms with Gasteiger partial charge in [-0.25, -0.2) is 0 Å². The van der Waals surface area contributed by atoms with Gasteiger partial charge in [-0.05, 0) is 36.8 Å². The lowest BCUT2D eigenvalue weighted by Crippen LogP contribution is -2.46. The van der Waals surface area contributed by atoms with Gasteiger partial charge in [-0.2, -0.15) is 0 Å². The smallest absolute Gasteiger partial charge is 0.311 e. The number of hydrogen-bond donors (Lipinski definition) is 2. The molecule has 0 aliphatic carbocycles. The van der Waals surface area contributed by atoms with E-state index in [9.17, 15) is 14.7 Å². The highest BCUT2D eigenvalue weighted by Gasteiger charge is 2.40. The van der Waals surface area contributed by atoms with Crippen LogP contribution in [0.15, 0.2) is 35.7 Å². The van der Waals surface area contributed by atoms with E-state index in [2.05, 4.69) is 5.32 Å². The fourth-order valence-electron chi connectivity index (χ4n) is 3.00. The van der Waals surface area contributed by atoms with Crippen molar-refractivity contribution in [2.45, 2.75) is 19.8 Å².